The molecular weight excluding hydrogens is 238 g/mol. The Bertz CT molecular complexity index is 331. The van der Waals surface area contributed by atoms with Gasteiger partial charge in [-0.2, -0.15) is 0 Å². The van der Waals surface area contributed by atoms with Crippen molar-refractivity contribution in [2.24, 2.45) is 11.7 Å². The van der Waals surface area contributed by atoms with E-state index in [0.717, 1.165) is 4.47 Å². The maximum Gasteiger partial charge on any atom is 0.0334 e. The highest BCUT2D eigenvalue weighted by Gasteiger charge is 2.26. The van der Waals surface area contributed by atoms with E-state index in [1.54, 1.807) is 0 Å². The van der Waals surface area contributed by atoms with Crippen LogP contribution >= 0.6 is 15.9 Å². The number of halogens is 1. The SMILES string of the molecule is Cc1ccc(Br)c(C(N)C2CCC2)c1. The molecule has 1 atom stereocenters. The summed E-state index contributed by atoms with van der Waals surface area (Å²) in [5, 5.41) is 0. The van der Waals surface area contributed by atoms with E-state index >= 15 is 0 Å². The number of hydrogen-bond donors (Lipinski definition) is 1. The lowest BCUT2D eigenvalue weighted by Gasteiger charge is -2.32. The Balaban J connectivity index is 2.24. The summed E-state index contributed by atoms with van der Waals surface area (Å²) in [6.45, 7) is 2.11. The fourth-order valence-corrected chi connectivity index (χ4v) is 2.48. The third-order valence-electron chi connectivity index (χ3n) is 3.17. The third kappa shape index (κ3) is 1.86. The number of rotatable bonds is 2. The topological polar surface area (TPSA) is 26.0 Å². The van der Waals surface area contributed by atoms with Crippen LogP contribution in [0.2, 0.25) is 0 Å². The van der Waals surface area contributed by atoms with Crippen molar-refractivity contribution in [3.05, 3.63) is 33.8 Å². The van der Waals surface area contributed by atoms with Gasteiger partial charge in [0.2, 0.25) is 0 Å². The number of hydrogen-bond acceptors (Lipinski definition) is 1. The molecule has 0 radical (unpaired) electrons. The van der Waals surface area contributed by atoms with Crippen LogP contribution in [0.25, 0.3) is 0 Å². The molecule has 1 fully saturated rings. The minimum atomic E-state index is 0.220. The molecule has 0 aliphatic heterocycles. The molecule has 0 amide bonds. The second-order valence-electron chi connectivity index (χ2n) is 4.24. The van der Waals surface area contributed by atoms with Gasteiger partial charge in [-0.3, -0.25) is 0 Å². The van der Waals surface area contributed by atoms with Gasteiger partial charge in [0.05, 0.1) is 0 Å². The predicted molar refractivity (Wildman–Crippen MR) is 63.1 cm³/mol. The maximum atomic E-state index is 6.24. The van der Waals surface area contributed by atoms with E-state index in [1.165, 1.54) is 30.4 Å². The smallest absolute Gasteiger partial charge is 0.0334 e. The molecule has 0 saturated heterocycles. The largest absolute Gasteiger partial charge is 0.324 e. The normalized spacial score (nSPS) is 19.1. The summed E-state index contributed by atoms with van der Waals surface area (Å²) in [6, 6.07) is 6.63. The molecule has 1 nitrogen and oxygen atoms in total. The van der Waals surface area contributed by atoms with Gasteiger partial charge >= 0.3 is 0 Å². The standard InChI is InChI=1S/C12H16BrN/c1-8-5-6-11(13)10(7-8)12(14)9-3-2-4-9/h5-7,9,12H,2-4,14H2,1H3. The molecule has 1 aliphatic rings. The van der Waals surface area contributed by atoms with E-state index in [1.807, 2.05) is 0 Å². The van der Waals surface area contributed by atoms with Crippen LogP contribution in [0.4, 0.5) is 0 Å². The first-order valence-corrected chi connectivity index (χ1v) is 5.99. The first kappa shape index (κ1) is 10.2. The van der Waals surface area contributed by atoms with Crippen molar-refractivity contribution in [3.63, 3.8) is 0 Å². The van der Waals surface area contributed by atoms with Crippen LogP contribution in [-0.2, 0) is 0 Å². The molecule has 1 aliphatic carbocycles. The van der Waals surface area contributed by atoms with Gasteiger partial charge in [0.15, 0.2) is 0 Å². The molecule has 0 aromatic heterocycles. The van der Waals surface area contributed by atoms with Crippen molar-refractivity contribution in [1.29, 1.82) is 0 Å². The Morgan fingerprint density at radius 1 is 1.43 bits per heavy atom. The van der Waals surface area contributed by atoms with Crippen LogP contribution in [-0.4, -0.2) is 0 Å². The Labute approximate surface area is 93.8 Å². The molecule has 1 aromatic rings. The highest BCUT2D eigenvalue weighted by atomic mass is 79.9. The zero-order valence-corrected chi connectivity index (χ0v) is 10.0. The van der Waals surface area contributed by atoms with Gasteiger partial charge in [-0.05, 0) is 37.3 Å². The lowest BCUT2D eigenvalue weighted by atomic mass is 9.77. The highest BCUT2D eigenvalue weighted by molar-refractivity contribution is 9.10. The Morgan fingerprint density at radius 3 is 2.71 bits per heavy atom. The zero-order chi connectivity index (χ0) is 10.1. The van der Waals surface area contributed by atoms with Gasteiger partial charge in [0, 0.05) is 10.5 Å². The molecular formula is C12H16BrN. The van der Waals surface area contributed by atoms with Gasteiger partial charge < -0.3 is 5.73 Å². The van der Waals surface area contributed by atoms with Gasteiger partial charge in [-0.25, -0.2) is 0 Å². The molecule has 2 N–H and O–H groups in total. The van der Waals surface area contributed by atoms with Crippen molar-refractivity contribution in [3.8, 4) is 0 Å². The van der Waals surface area contributed by atoms with Crippen molar-refractivity contribution in [2.45, 2.75) is 32.2 Å². The van der Waals surface area contributed by atoms with Gasteiger partial charge in [-0.15, -0.1) is 0 Å². The Hall–Kier alpha value is -0.340. The quantitative estimate of drug-likeness (QED) is 0.858. The first-order valence-electron chi connectivity index (χ1n) is 5.20. The van der Waals surface area contributed by atoms with Crippen molar-refractivity contribution in [2.75, 3.05) is 0 Å². The monoisotopic (exact) mass is 253 g/mol. The second kappa shape index (κ2) is 4.03. The van der Waals surface area contributed by atoms with Gasteiger partial charge in [0.1, 0.15) is 0 Å². The molecule has 14 heavy (non-hydrogen) atoms. The fraction of sp³-hybridized carbons (Fsp3) is 0.500. The summed E-state index contributed by atoms with van der Waals surface area (Å²) in [4.78, 5) is 0. The average molecular weight is 254 g/mol. The van der Waals surface area contributed by atoms with E-state index in [2.05, 4.69) is 41.1 Å². The van der Waals surface area contributed by atoms with Gasteiger partial charge in [0.25, 0.3) is 0 Å². The summed E-state index contributed by atoms with van der Waals surface area (Å²) in [6.07, 6.45) is 3.94. The molecule has 1 saturated carbocycles. The molecule has 1 aromatic carbocycles. The lowest BCUT2D eigenvalue weighted by molar-refractivity contribution is 0.264. The van der Waals surface area contributed by atoms with Crippen molar-refractivity contribution in [1.82, 2.24) is 0 Å². The molecule has 0 heterocycles. The minimum absolute atomic E-state index is 0.220. The third-order valence-corrected chi connectivity index (χ3v) is 3.89. The fourth-order valence-electron chi connectivity index (χ4n) is 1.97. The molecule has 2 rings (SSSR count). The van der Waals surface area contributed by atoms with Crippen LogP contribution in [0.1, 0.15) is 36.4 Å². The van der Waals surface area contributed by atoms with E-state index in [4.69, 9.17) is 5.73 Å². The number of aryl methyl sites for hydroxylation is 1. The van der Waals surface area contributed by atoms with E-state index in [0.29, 0.717) is 5.92 Å². The van der Waals surface area contributed by atoms with Crippen LogP contribution in [0.15, 0.2) is 22.7 Å². The average Bonchev–Trinajstić information content (AvgIpc) is 2.06. The Kier molecular flexibility index (Phi) is 2.93. The second-order valence-corrected chi connectivity index (χ2v) is 5.10. The minimum Gasteiger partial charge on any atom is -0.324 e. The lowest BCUT2D eigenvalue weighted by Crippen LogP contribution is -2.27. The summed E-state index contributed by atoms with van der Waals surface area (Å²) < 4.78 is 1.16. The molecule has 0 spiro atoms. The maximum absolute atomic E-state index is 6.24. The van der Waals surface area contributed by atoms with Crippen molar-refractivity contribution < 1.29 is 0 Å². The molecule has 76 valence electrons. The Morgan fingerprint density at radius 2 is 2.14 bits per heavy atom. The number of nitrogens with two attached hydrogens (primary N) is 1. The van der Waals surface area contributed by atoms with E-state index in [9.17, 15) is 0 Å². The highest BCUT2D eigenvalue weighted by Crippen LogP contribution is 2.38. The predicted octanol–water partition coefficient (Wildman–Crippen LogP) is 3.56. The van der Waals surface area contributed by atoms with Crippen LogP contribution in [0.3, 0.4) is 0 Å². The summed E-state index contributed by atoms with van der Waals surface area (Å²) >= 11 is 3.57. The molecule has 0 bridgehead atoms. The van der Waals surface area contributed by atoms with E-state index < -0.39 is 0 Å². The summed E-state index contributed by atoms with van der Waals surface area (Å²) in [7, 11) is 0. The van der Waals surface area contributed by atoms with Crippen LogP contribution < -0.4 is 5.73 Å². The summed E-state index contributed by atoms with van der Waals surface area (Å²) in [5.74, 6) is 0.702. The zero-order valence-electron chi connectivity index (χ0n) is 8.46. The summed E-state index contributed by atoms with van der Waals surface area (Å²) in [5.41, 5.74) is 8.80. The van der Waals surface area contributed by atoms with Gasteiger partial charge in [-0.1, -0.05) is 40.0 Å². The molecule has 2 heteroatoms. The van der Waals surface area contributed by atoms with Crippen LogP contribution in [0.5, 0.6) is 0 Å². The van der Waals surface area contributed by atoms with Crippen molar-refractivity contribution >= 4 is 15.9 Å². The van der Waals surface area contributed by atoms with Crippen LogP contribution in [0, 0.1) is 12.8 Å². The number of benzene rings is 1. The first-order chi connectivity index (χ1) is 6.68. The molecule has 1 unspecified atom stereocenters. The van der Waals surface area contributed by atoms with E-state index in [-0.39, 0.29) is 6.04 Å².